The van der Waals surface area contributed by atoms with Crippen molar-refractivity contribution >= 4 is 5.91 Å². The lowest BCUT2D eigenvalue weighted by molar-refractivity contribution is -0.119. The van der Waals surface area contributed by atoms with Gasteiger partial charge in [-0.05, 0) is 37.8 Å². The smallest absolute Gasteiger partial charge is 0.216 e. The van der Waals surface area contributed by atoms with Gasteiger partial charge in [-0.15, -0.1) is 0 Å². The van der Waals surface area contributed by atoms with E-state index in [1.54, 1.807) is 6.92 Å². The molecule has 0 saturated carbocycles. The van der Waals surface area contributed by atoms with Crippen LogP contribution >= 0.6 is 0 Å². The lowest BCUT2D eigenvalue weighted by atomic mass is 9.99. The fourth-order valence-electron chi connectivity index (χ4n) is 1.68. The van der Waals surface area contributed by atoms with Gasteiger partial charge in [-0.2, -0.15) is 0 Å². The summed E-state index contributed by atoms with van der Waals surface area (Å²) in [7, 11) is 0. The highest BCUT2D eigenvalue weighted by molar-refractivity contribution is 5.72. The number of nitrogens with one attached hydrogen (secondary N) is 1. The van der Waals surface area contributed by atoms with Crippen molar-refractivity contribution < 1.29 is 4.79 Å². The zero-order valence-electron chi connectivity index (χ0n) is 14.3. The van der Waals surface area contributed by atoms with Gasteiger partial charge < -0.3 is 10.2 Å². The molecule has 0 aromatic rings. The average Bonchev–Trinajstić information content (AvgIpc) is 2.33. The molecule has 1 rings (SSSR count). The zero-order valence-corrected chi connectivity index (χ0v) is 14.3. The highest BCUT2D eigenvalue weighted by Crippen LogP contribution is 2.14. The predicted octanol–water partition coefficient (Wildman–Crippen LogP) is 3.54. The lowest BCUT2D eigenvalue weighted by Crippen LogP contribution is -2.38. The van der Waals surface area contributed by atoms with Crippen LogP contribution in [-0.4, -0.2) is 37.0 Å². The van der Waals surface area contributed by atoms with Crippen molar-refractivity contribution in [2.75, 3.05) is 26.2 Å². The van der Waals surface area contributed by atoms with E-state index >= 15 is 0 Å². The van der Waals surface area contributed by atoms with Gasteiger partial charge in [0.1, 0.15) is 0 Å². The third-order valence-electron chi connectivity index (χ3n) is 2.68. The van der Waals surface area contributed by atoms with Crippen molar-refractivity contribution in [1.29, 1.82) is 0 Å². The molecule has 116 valence electrons. The fourth-order valence-corrected chi connectivity index (χ4v) is 1.68. The van der Waals surface area contributed by atoms with E-state index in [0.29, 0.717) is 0 Å². The van der Waals surface area contributed by atoms with E-state index in [-0.39, 0.29) is 5.91 Å². The molecule has 1 heterocycles. The minimum Gasteiger partial charge on any atom is -0.355 e. The van der Waals surface area contributed by atoms with Crippen LogP contribution in [0.2, 0.25) is 0 Å². The van der Waals surface area contributed by atoms with Crippen LogP contribution in [0.4, 0.5) is 0 Å². The molecule has 0 aromatic carbocycles. The highest BCUT2D eigenvalue weighted by Gasteiger charge is 2.14. The number of carbonyl (C=O) groups excluding carboxylic acids is 1. The Balaban J connectivity index is 0. The minimum absolute atomic E-state index is 0.0744. The van der Waals surface area contributed by atoms with E-state index in [1.807, 2.05) is 13.8 Å². The molecule has 0 atom stereocenters. The van der Waals surface area contributed by atoms with Crippen molar-refractivity contribution in [2.45, 2.75) is 61.3 Å². The van der Waals surface area contributed by atoms with Crippen LogP contribution < -0.4 is 5.32 Å². The quantitative estimate of drug-likeness (QED) is 0.852. The summed E-state index contributed by atoms with van der Waals surface area (Å²) in [4.78, 5) is 13.0. The molecule has 1 fully saturated rings. The number of hydrogen-bond acceptors (Lipinski definition) is 2. The summed E-state index contributed by atoms with van der Waals surface area (Å²) >= 11 is 0. The Labute approximate surface area is 121 Å². The van der Waals surface area contributed by atoms with Crippen molar-refractivity contribution in [3.05, 3.63) is 0 Å². The monoisotopic (exact) mass is 272 g/mol. The number of rotatable bonds is 3. The van der Waals surface area contributed by atoms with Gasteiger partial charge in [0.15, 0.2) is 0 Å². The van der Waals surface area contributed by atoms with Crippen molar-refractivity contribution in [3.63, 3.8) is 0 Å². The van der Waals surface area contributed by atoms with Gasteiger partial charge in [0.25, 0.3) is 0 Å². The molecule has 3 nitrogen and oxygen atoms in total. The third kappa shape index (κ3) is 17.4. The number of piperidine rings is 1. The summed E-state index contributed by atoms with van der Waals surface area (Å²) in [5.41, 5.74) is 0. The molecule has 0 aromatic heterocycles. The second kappa shape index (κ2) is 13.9. The topological polar surface area (TPSA) is 32.3 Å². The molecule has 0 radical (unpaired) electrons. The van der Waals surface area contributed by atoms with Crippen LogP contribution in [0.3, 0.4) is 0 Å². The fraction of sp³-hybridized carbons (Fsp3) is 0.938. The van der Waals surface area contributed by atoms with Crippen LogP contribution in [0, 0.1) is 11.8 Å². The van der Waals surface area contributed by atoms with Crippen LogP contribution in [0.5, 0.6) is 0 Å². The molecular formula is C16H36N2O. The normalized spacial score (nSPS) is 16.0. The Morgan fingerprint density at radius 2 is 1.63 bits per heavy atom. The molecule has 0 unspecified atom stereocenters. The predicted molar refractivity (Wildman–Crippen MR) is 85.4 cm³/mol. The summed E-state index contributed by atoms with van der Waals surface area (Å²) in [6.45, 7) is 18.6. The second-order valence-corrected chi connectivity index (χ2v) is 5.74. The maximum Gasteiger partial charge on any atom is 0.216 e. The maximum absolute atomic E-state index is 10.6. The number of nitrogens with zero attached hydrogens (tertiary/aromatic N) is 1. The van der Waals surface area contributed by atoms with Crippen molar-refractivity contribution in [1.82, 2.24) is 10.2 Å². The third-order valence-corrected chi connectivity index (χ3v) is 2.68. The number of likely N-dealkylation sites (tertiary alicyclic amines) is 1. The molecule has 19 heavy (non-hydrogen) atoms. The van der Waals surface area contributed by atoms with Gasteiger partial charge in [0, 0.05) is 20.0 Å². The van der Waals surface area contributed by atoms with E-state index in [9.17, 15) is 4.79 Å². The number of carbonyl (C=O) groups is 1. The summed E-state index contributed by atoms with van der Waals surface area (Å²) in [6.07, 6.45) is 2.61. The molecule has 0 bridgehead atoms. The summed E-state index contributed by atoms with van der Waals surface area (Å²) in [6, 6.07) is 0. The molecule has 1 aliphatic heterocycles. The maximum atomic E-state index is 10.6. The van der Waals surface area contributed by atoms with E-state index in [4.69, 9.17) is 0 Å². The van der Waals surface area contributed by atoms with Crippen LogP contribution in [0.15, 0.2) is 0 Å². The Kier molecular flexibility index (Phi) is 15.1. The molecular weight excluding hydrogens is 236 g/mol. The standard InChI is InChI=1S/C10H20N2O.C4H10.C2H6/c1-9-3-6-12(7-4-9)8-5-11-10(2)13;1-4(2)3;1-2/h9H,3-8H2,1-2H3,(H,11,13);4H,1-3H3;1-2H3. The minimum atomic E-state index is 0.0744. The molecule has 3 heteroatoms. The highest BCUT2D eigenvalue weighted by atomic mass is 16.1. The molecule has 0 aliphatic carbocycles. The summed E-state index contributed by atoms with van der Waals surface area (Å²) < 4.78 is 0. The van der Waals surface area contributed by atoms with Crippen LogP contribution in [-0.2, 0) is 4.79 Å². The molecule has 1 aliphatic rings. The second-order valence-electron chi connectivity index (χ2n) is 5.74. The first-order valence-corrected chi connectivity index (χ1v) is 7.88. The first kappa shape index (κ1) is 20.7. The first-order chi connectivity index (χ1) is 8.91. The first-order valence-electron chi connectivity index (χ1n) is 7.88. The van der Waals surface area contributed by atoms with Gasteiger partial charge in [-0.3, -0.25) is 4.79 Å². The molecule has 1 amide bonds. The van der Waals surface area contributed by atoms with Crippen molar-refractivity contribution in [3.8, 4) is 0 Å². The Hall–Kier alpha value is -0.570. The van der Waals surface area contributed by atoms with Gasteiger partial charge in [0.2, 0.25) is 5.91 Å². The molecule has 1 saturated heterocycles. The molecule has 0 spiro atoms. The average molecular weight is 272 g/mol. The van der Waals surface area contributed by atoms with Crippen molar-refractivity contribution in [2.24, 2.45) is 11.8 Å². The van der Waals surface area contributed by atoms with Crippen LogP contribution in [0.25, 0.3) is 0 Å². The van der Waals surface area contributed by atoms with Gasteiger partial charge >= 0.3 is 0 Å². The van der Waals surface area contributed by atoms with Gasteiger partial charge in [0.05, 0.1) is 0 Å². The van der Waals surface area contributed by atoms with E-state index in [2.05, 4.69) is 37.9 Å². The number of amides is 1. The lowest BCUT2D eigenvalue weighted by Gasteiger charge is -2.29. The van der Waals surface area contributed by atoms with Gasteiger partial charge in [-0.1, -0.05) is 41.5 Å². The van der Waals surface area contributed by atoms with Crippen LogP contribution in [0.1, 0.15) is 61.3 Å². The van der Waals surface area contributed by atoms with E-state index in [0.717, 1.165) is 24.9 Å². The zero-order chi connectivity index (χ0) is 15.3. The van der Waals surface area contributed by atoms with E-state index in [1.165, 1.54) is 25.9 Å². The summed E-state index contributed by atoms with van der Waals surface area (Å²) in [5, 5.41) is 2.82. The Bertz CT molecular complexity index is 194. The summed E-state index contributed by atoms with van der Waals surface area (Å²) in [5.74, 6) is 1.79. The Morgan fingerprint density at radius 3 is 2.00 bits per heavy atom. The van der Waals surface area contributed by atoms with Gasteiger partial charge in [-0.25, -0.2) is 0 Å². The van der Waals surface area contributed by atoms with E-state index < -0.39 is 0 Å². The molecule has 1 N–H and O–H groups in total. The Morgan fingerprint density at radius 1 is 1.21 bits per heavy atom. The largest absolute Gasteiger partial charge is 0.355 e. The number of hydrogen-bond donors (Lipinski definition) is 1. The SMILES string of the molecule is CC.CC(=O)NCCN1CCC(C)CC1.CC(C)C.